The lowest BCUT2D eigenvalue weighted by atomic mass is 10.6. The Kier molecular flexibility index (Phi) is 7.29. The zero-order valence-corrected chi connectivity index (χ0v) is 7.19. The van der Waals surface area contributed by atoms with Gasteiger partial charge in [0.1, 0.15) is 0 Å². The topological polar surface area (TPSA) is 49.3 Å². The molecule has 0 aliphatic rings. The van der Waals surface area contributed by atoms with Crippen molar-refractivity contribution in [1.29, 1.82) is 0 Å². The van der Waals surface area contributed by atoms with E-state index in [0.29, 0.717) is 18.1 Å². The Balaban J connectivity index is 3.15. The molecule has 0 aromatic heterocycles. The molecule has 1 amide bonds. The Morgan fingerprint density at radius 1 is 1.73 bits per heavy atom. The Labute approximate surface area is 70.9 Å². The van der Waals surface area contributed by atoms with E-state index >= 15 is 0 Å². The van der Waals surface area contributed by atoms with Gasteiger partial charge in [-0.1, -0.05) is 6.08 Å². The van der Waals surface area contributed by atoms with Crippen LogP contribution >= 0.6 is 11.8 Å². The van der Waals surface area contributed by atoms with Crippen LogP contribution in [0.5, 0.6) is 0 Å². The molecule has 0 fully saturated rings. The maximum Gasteiger partial charge on any atom is 0.230 e. The summed E-state index contributed by atoms with van der Waals surface area (Å²) >= 11 is 1.42. The second kappa shape index (κ2) is 7.63. The minimum Gasteiger partial charge on any atom is -0.396 e. The van der Waals surface area contributed by atoms with Gasteiger partial charge in [0.15, 0.2) is 0 Å². The van der Waals surface area contributed by atoms with Gasteiger partial charge < -0.3 is 10.4 Å². The average Bonchev–Trinajstić information content (AvgIpc) is 2.01. The molecule has 0 saturated carbocycles. The van der Waals surface area contributed by atoms with Crippen molar-refractivity contribution in [3.8, 4) is 0 Å². The lowest BCUT2D eigenvalue weighted by Crippen LogP contribution is -2.25. The zero-order valence-electron chi connectivity index (χ0n) is 6.38. The number of aliphatic hydroxyl groups excluding tert-OH is 1. The van der Waals surface area contributed by atoms with Gasteiger partial charge in [-0.2, -0.15) is 0 Å². The van der Waals surface area contributed by atoms with Gasteiger partial charge in [-0.15, -0.1) is 18.3 Å². The van der Waals surface area contributed by atoms with Crippen LogP contribution in [0.4, 0.5) is 0 Å². The summed E-state index contributed by atoms with van der Waals surface area (Å²) in [5.74, 6) is 1.01. The van der Waals surface area contributed by atoms with Crippen LogP contribution in [-0.2, 0) is 4.79 Å². The van der Waals surface area contributed by atoms with E-state index in [1.807, 2.05) is 0 Å². The van der Waals surface area contributed by atoms with Crippen LogP contribution in [0.15, 0.2) is 12.7 Å². The molecule has 3 nitrogen and oxygen atoms in total. The first-order valence-electron chi connectivity index (χ1n) is 3.37. The van der Waals surface area contributed by atoms with Crippen LogP contribution in [0, 0.1) is 0 Å². The predicted molar refractivity (Wildman–Crippen MR) is 47.6 cm³/mol. The molecule has 0 aromatic carbocycles. The molecule has 0 heterocycles. The first-order chi connectivity index (χ1) is 5.31. The Hall–Kier alpha value is -0.480. The molecular weight excluding hydrogens is 162 g/mol. The Bertz CT molecular complexity index is 128. The molecule has 64 valence electrons. The highest BCUT2D eigenvalue weighted by molar-refractivity contribution is 7.99. The summed E-state index contributed by atoms with van der Waals surface area (Å²) in [5.41, 5.74) is 0. The van der Waals surface area contributed by atoms with E-state index in [2.05, 4.69) is 11.9 Å². The Morgan fingerprint density at radius 2 is 2.45 bits per heavy atom. The smallest absolute Gasteiger partial charge is 0.230 e. The second-order valence-electron chi connectivity index (χ2n) is 1.87. The van der Waals surface area contributed by atoms with Crippen LogP contribution in [-0.4, -0.2) is 35.7 Å². The molecular formula is C7H13NO2S. The van der Waals surface area contributed by atoms with Gasteiger partial charge in [-0.25, -0.2) is 0 Å². The SMILES string of the molecule is C=CCNC(=O)CSCCO. The number of amides is 1. The molecule has 0 rings (SSSR count). The Morgan fingerprint density at radius 3 is 3.00 bits per heavy atom. The van der Waals surface area contributed by atoms with Gasteiger partial charge >= 0.3 is 0 Å². The fraction of sp³-hybridized carbons (Fsp3) is 0.571. The van der Waals surface area contributed by atoms with E-state index in [-0.39, 0.29) is 12.5 Å². The van der Waals surface area contributed by atoms with E-state index in [1.54, 1.807) is 6.08 Å². The highest BCUT2D eigenvalue weighted by Gasteiger charge is 1.97. The van der Waals surface area contributed by atoms with Crippen molar-refractivity contribution in [1.82, 2.24) is 5.32 Å². The number of hydrogen-bond donors (Lipinski definition) is 2. The maximum atomic E-state index is 10.8. The highest BCUT2D eigenvalue weighted by Crippen LogP contribution is 1.96. The molecule has 0 aliphatic carbocycles. The molecule has 0 spiro atoms. The van der Waals surface area contributed by atoms with Crippen molar-refractivity contribution < 1.29 is 9.90 Å². The van der Waals surface area contributed by atoms with Crippen molar-refractivity contribution in [2.75, 3.05) is 24.7 Å². The van der Waals surface area contributed by atoms with Gasteiger partial charge in [0.2, 0.25) is 5.91 Å². The third kappa shape index (κ3) is 7.42. The van der Waals surface area contributed by atoms with Crippen LogP contribution in [0.3, 0.4) is 0 Å². The van der Waals surface area contributed by atoms with Crippen LogP contribution in [0.2, 0.25) is 0 Å². The summed E-state index contributed by atoms with van der Waals surface area (Å²) in [5, 5.41) is 11.0. The van der Waals surface area contributed by atoms with E-state index < -0.39 is 0 Å². The lowest BCUT2D eigenvalue weighted by molar-refractivity contribution is -0.118. The molecule has 2 N–H and O–H groups in total. The van der Waals surface area contributed by atoms with Gasteiger partial charge in [0.25, 0.3) is 0 Å². The minimum absolute atomic E-state index is 0.0108. The molecule has 0 aliphatic heterocycles. The monoisotopic (exact) mass is 175 g/mol. The van der Waals surface area contributed by atoms with E-state index in [0.717, 1.165) is 0 Å². The van der Waals surface area contributed by atoms with Gasteiger partial charge in [0.05, 0.1) is 12.4 Å². The number of hydrogen-bond acceptors (Lipinski definition) is 3. The largest absolute Gasteiger partial charge is 0.396 e. The van der Waals surface area contributed by atoms with E-state index in [1.165, 1.54) is 11.8 Å². The van der Waals surface area contributed by atoms with Gasteiger partial charge in [-0.05, 0) is 0 Å². The quantitative estimate of drug-likeness (QED) is 0.442. The van der Waals surface area contributed by atoms with Crippen LogP contribution < -0.4 is 5.32 Å². The van der Waals surface area contributed by atoms with Crippen molar-refractivity contribution in [2.45, 2.75) is 0 Å². The number of carbonyl (C=O) groups excluding carboxylic acids is 1. The standard InChI is InChI=1S/C7H13NO2S/c1-2-3-8-7(10)6-11-5-4-9/h2,9H,1,3-6H2,(H,8,10). The number of carbonyl (C=O) groups is 1. The number of thioether (sulfide) groups is 1. The summed E-state index contributed by atoms with van der Waals surface area (Å²) < 4.78 is 0. The molecule has 0 radical (unpaired) electrons. The fourth-order valence-corrected chi connectivity index (χ4v) is 1.03. The number of nitrogens with one attached hydrogen (secondary N) is 1. The summed E-state index contributed by atoms with van der Waals surface area (Å²) in [7, 11) is 0. The molecule has 0 saturated heterocycles. The molecule has 4 heteroatoms. The molecule has 11 heavy (non-hydrogen) atoms. The lowest BCUT2D eigenvalue weighted by Gasteiger charge is -1.99. The zero-order chi connectivity index (χ0) is 8.53. The summed E-state index contributed by atoms with van der Waals surface area (Å²) in [6.45, 7) is 4.10. The van der Waals surface area contributed by atoms with E-state index in [4.69, 9.17) is 5.11 Å². The normalized spacial score (nSPS) is 9.18. The van der Waals surface area contributed by atoms with Crippen LogP contribution in [0.1, 0.15) is 0 Å². The number of aliphatic hydroxyl groups is 1. The van der Waals surface area contributed by atoms with Crippen molar-refractivity contribution in [2.24, 2.45) is 0 Å². The first kappa shape index (κ1) is 10.5. The average molecular weight is 175 g/mol. The third-order valence-corrected chi connectivity index (χ3v) is 1.85. The van der Waals surface area contributed by atoms with Gasteiger partial charge in [0, 0.05) is 12.3 Å². The van der Waals surface area contributed by atoms with Gasteiger partial charge in [-0.3, -0.25) is 4.79 Å². The first-order valence-corrected chi connectivity index (χ1v) is 4.53. The summed E-state index contributed by atoms with van der Waals surface area (Å²) in [6.07, 6.45) is 1.63. The van der Waals surface area contributed by atoms with Crippen molar-refractivity contribution in [3.05, 3.63) is 12.7 Å². The van der Waals surface area contributed by atoms with E-state index in [9.17, 15) is 4.79 Å². The molecule has 0 atom stereocenters. The molecule has 0 unspecified atom stereocenters. The predicted octanol–water partition coefficient (Wildman–Crippen LogP) is 0.0141. The summed E-state index contributed by atoms with van der Waals surface area (Å²) in [6, 6.07) is 0. The minimum atomic E-state index is -0.0108. The van der Waals surface area contributed by atoms with Crippen molar-refractivity contribution >= 4 is 17.7 Å². The fourth-order valence-electron chi connectivity index (χ4n) is 0.466. The third-order valence-electron chi connectivity index (χ3n) is 0.912. The highest BCUT2D eigenvalue weighted by atomic mass is 32.2. The van der Waals surface area contributed by atoms with Crippen molar-refractivity contribution in [3.63, 3.8) is 0 Å². The molecule has 0 bridgehead atoms. The number of rotatable bonds is 6. The molecule has 0 aromatic rings. The summed E-state index contributed by atoms with van der Waals surface area (Å²) in [4.78, 5) is 10.8. The second-order valence-corrected chi connectivity index (χ2v) is 2.97. The maximum absolute atomic E-state index is 10.8. The van der Waals surface area contributed by atoms with Crippen LogP contribution in [0.25, 0.3) is 0 Å².